The van der Waals surface area contributed by atoms with Crippen molar-refractivity contribution in [3.63, 3.8) is 0 Å². The van der Waals surface area contributed by atoms with Gasteiger partial charge < -0.3 is 9.64 Å². The van der Waals surface area contributed by atoms with Gasteiger partial charge in [0.1, 0.15) is 0 Å². The number of hydrogen-bond acceptors (Lipinski definition) is 4. The second-order valence-corrected chi connectivity index (χ2v) is 7.80. The van der Waals surface area contributed by atoms with Gasteiger partial charge >= 0.3 is 0 Å². The maximum absolute atomic E-state index is 12.9. The highest BCUT2D eigenvalue weighted by atomic mass is 16.5. The molecule has 5 nitrogen and oxygen atoms in total. The number of amides is 1. The smallest absolute Gasteiger partial charge is 0.223 e. The van der Waals surface area contributed by atoms with E-state index in [0.717, 1.165) is 57.7 Å². The molecule has 0 aromatic carbocycles. The van der Waals surface area contributed by atoms with Gasteiger partial charge in [-0.2, -0.15) is 0 Å². The number of carbonyl (C=O) groups is 1. The van der Waals surface area contributed by atoms with Crippen molar-refractivity contribution in [3.8, 4) is 0 Å². The number of nitrogens with zero attached hydrogens (tertiary/aromatic N) is 3. The Hall–Kier alpha value is -1.46. The molecule has 0 radical (unpaired) electrons. The standard InChI is InChI=1S/C20H29N3O2/c24-20(6-4-16-2-1-9-21-12-16)23-14-17-3-5-19(23)15-22(13-17)18-7-10-25-11-8-18/h1-2,9,12,17-19H,3-8,10-11,13-15H2/t17-,19+/m0/s1. The minimum Gasteiger partial charge on any atom is -0.381 e. The van der Waals surface area contributed by atoms with Gasteiger partial charge in [0.25, 0.3) is 0 Å². The minimum atomic E-state index is 0.326. The molecule has 0 saturated carbocycles. The summed E-state index contributed by atoms with van der Waals surface area (Å²) in [6, 6.07) is 5.06. The van der Waals surface area contributed by atoms with Crippen LogP contribution < -0.4 is 0 Å². The first kappa shape index (κ1) is 17.0. The lowest BCUT2D eigenvalue weighted by atomic mass is 9.94. The van der Waals surface area contributed by atoms with Crippen molar-refractivity contribution >= 4 is 5.91 Å². The molecule has 25 heavy (non-hydrogen) atoms. The molecule has 5 heteroatoms. The highest BCUT2D eigenvalue weighted by Gasteiger charge is 2.38. The Balaban J connectivity index is 1.37. The van der Waals surface area contributed by atoms with Crippen molar-refractivity contribution in [1.82, 2.24) is 14.8 Å². The Morgan fingerprint density at radius 1 is 1.12 bits per heavy atom. The van der Waals surface area contributed by atoms with Gasteiger partial charge in [0, 0.05) is 63.7 Å². The molecule has 2 bridgehead atoms. The van der Waals surface area contributed by atoms with Crippen molar-refractivity contribution in [1.29, 1.82) is 0 Å². The summed E-state index contributed by atoms with van der Waals surface area (Å²) >= 11 is 0. The molecular formula is C20H29N3O2. The van der Waals surface area contributed by atoms with E-state index in [2.05, 4.69) is 20.9 Å². The van der Waals surface area contributed by atoms with Crippen LogP contribution in [-0.4, -0.2) is 65.6 Å². The number of rotatable bonds is 4. The molecule has 1 aromatic rings. The number of aromatic nitrogens is 1. The van der Waals surface area contributed by atoms with Gasteiger partial charge in [-0.3, -0.25) is 14.7 Å². The number of fused-ring (bicyclic) bond motifs is 4. The van der Waals surface area contributed by atoms with Crippen LogP contribution in [0.15, 0.2) is 24.5 Å². The van der Waals surface area contributed by atoms with Crippen LogP contribution in [0.1, 0.15) is 37.7 Å². The lowest BCUT2D eigenvalue weighted by Crippen LogP contribution is -2.48. The van der Waals surface area contributed by atoms with Crippen molar-refractivity contribution < 1.29 is 9.53 Å². The molecule has 4 fully saturated rings. The average Bonchev–Trinajstić information content (AvgIpc) is 3.00. The first-order valence-corrected chi connectivity index (χ1v) is 9.80. The molecule has 5 heterocycles. The van der Waals surface area contributed by atoms with Gasteiger partial charge in [0.2, 0.25) is 5.91 Å². The molecule has 4 aliphatic rings. The molecule has 0 unspecified atom stereocenters. The normalized spacial score (nSPS) is 28.1. The third-order valence-corrected chi connectivity index (χ3v) is 6.12. The molecule has 4 saturated heterocycles. The minimum absolute atomic E-state index is 0.326. The Morgan fingerprint density at radius 2 is 2.00 bits per heavy atom. The molecule has 0 spiro atoms. The fourth-order valence-corrected chi connectivity index (χ4v) is 4.71. The van der Waals surface area contributed by atoms with Crippen LogP contribution in [-0.2, 0) is 16.0 Å². The first-order valence-electron chi connectivity index (χ1n) is 9.80. The zero-order valence-electron chi connectivity index (χ0n) is 15.0. The fraction of sp³-hybridized carbons (Fsp3) is 0.700. The lowest BCUT2D eigenvalue weighted by molar-refractivity contribution is -0.135. The second-order valence-electron chi connectivity index (χ2n) is 7.80. The van der Waals surface area contributed by atoms with E-state index in [9.17, 15) is 4.79 Å². The Bertz CT molecular complexity index is 574. The maximum Gasteiger partial charge on any atom is 0.223 e. The number of carbonyl (C=O) groups excluding carboxylic acids is 1. The van der Waals surface area contributed by atoms with Gasteiger partial charge in [-0.1, -0.05) is 6.07 Å². The molecule has 1 amide bonds. The summed E-state index contributed by atoms with van der Waals surface area (Å²) in [5.41, 5.74) is 1.15. The number of pyridine rings is 1. The third-order valence-electron chi connectivity index (χ3n) is 6.12. The summed E-state index contributed by atoms with van der Waals surface area (Å²) in [7, 11) is 0. The summed E-state index contributed by atoms with van der Waals surface area (Å²) in [4.78, 5) is 21.9. The Labute approximate surface area is 150 Å². The van der Waals surface area contributed by atoms with Gasteiger partial charge in [-0.05, 0) is 49.7 Å². The summed E-state index contributed by atoms with van der Waals surface area (Å²) < 4.78 is 5.53. The monoisotopic (exact) mass is 343 g/mol. The van der Waals surface area contributed by atoms with Crippen LogP contribution in [0, 0.1) is 5.92 Å². The van der Waals surface area contributed by atoms with E-state index < -0.39 is 0 Å². The molecule has 4 aliphatic heterocycles. The van der Waals surface area contributed by atoms with Gasteiger partial charge in [-0.15, -0.1) is 0 Å². The predicted octanol–water partition coefficient (Wildman–Crippen LogP) is 2.12. The highest BCUT2D eigenvalue weighted by Crippen LogP contribution is 2.31. The van der Waals surface area contributed by atoms with Crippen molar-refractivity contribution in [3.05, 3.63) is 30.1 Å². The molecule has 1 aromatic heterocycles. The van der Waals surface area contributed by atoms with E-state index in [0.29, 0.717) is 30.3 Å². The van der Waals surface area contributed by atoms with Crippen molar-refractivity contribution in [2.75, 3.05) is 32.8 Å². The van der Waals surface area contributed by atoms with Crippen molar-refractivity contribution in [2.45, 2.75) is 50.6 Å². The summed E-state index contributed by atoms with van der Waals surface area (Å²) in [6.07, 6.45) is 9.79. The van der Waals surface area contributed by atoms with Crippen LogP contribution >= 0.6 is 0 Å². The quantitative estimate of drug-likeness (QED) is 0.840. The molecule has 0 N–H and O–H groups in total. The van der Waals surface area contributed by atoms with Gasteiger partial charge in [0.05, 0.1) is 0 Å². The van der Waals surface area contributed by atoms with Gasteiger partial charge in [-0.25, -0.2) is 0 Å². The van der Waals surface area contributed by atoms with Crippen LogP contribution in [0.3, 0.4) is 0 Å². The van der Waals surface area contributed by atoms with E-state index in [-0.39, 0.29) is 0 Å². The SMILES string of the molecule is O=C(CCc1cccnc1)N1C[C@H]2CC[C@@H]1CN(C1CCOCC1)C2. The maximum atomic E-state index is 12.9. The van der Waals surface area contributed by atoms with Crippen LogP contribution in [0.25, 0.3) is 0 Å². The van der Waals surface area contributed by atoms with Crippen LogP contribution in [0.2, 0.25) is 0 Å². The van der Waals surface area contributed by atoms with E-state index in [4.69, 9.17) is 4.74 Å². The zero-order valence-corrected chi connectivity index (χ0v) is 15.0. The van der Waals surface area contributed by atoms with E-state index in [1.807, 2.05) is 12.3 Å². The largest absolute Gasteiger partial charge is 0.381 e. The lowest BCUT2D eigenvalue weighted by Gasteiger charge is -2.37. The van der Waals surface area contributed by atoms with Crippen molar-refractivity contribution in [2.24, 2.45) is 5.92 Å². The van der Waals surface area contributed by atoms with Gasteiger partial charge in [0.15, 0.2) is 0 Å². The molecule has 0 aliphatic carbocycles. The Kier molecular flexibility index (Phi) is 5.32. The van der Waals surface area contributed by atoms with E-state index >= 15 is 0 Å². The first-order chi connectivity index (χ1) is 12.3. The summed E-state index contributed by atoms with van der Waals surface area (Å²) in [5.74, 6) is 0.969. The molecule has 5 rings (SSSR count). The molecular weight excluding hydrogens is 314 g/mol. The predicted molar refractivity (Wildman–Crippen MR) is 96.2 cm³/mol. The third kappa shape index (κ3) is 4.04. The fourth-order valence-electron chi connectivity index (χ4n) is 4.71. The summed E-state index contributed by atoms with van der Waals surface area (Å²) in [6.45, 7) is 4.96. The van der Waals surface area contributed by atoms with Crippen LogP contribution in [0.4, 0.5) is 0 Å². The van der Waals surface area contributed by atoms with Crippen LogP contribution in [0.5, 0.6) is 0 Å². The topological polar surface area (TPSA) is 45.7 Å². The van der Waals surface area contributed by atoms with E-state index in [1.165, 1.54) is 12.8 Å². The summed E-state index contributed by atoms with van der Waals surface area (Å²) in [5, 5.41) is 0. The Morgan fingerprint density at radius 3 is 2.80 bits per heavy atom. The molecule has 136 valence electrons. The zero-order chi connectivity index (χ0) is 17.1. The second kappa shape index (κ2) is 7.83. The van der Waals surface area contributed by atoms with E-state index in [1.54, 1.807) is 6.20 Å². The average molecular weight is 343 g/mol. The number of hydrogen-bond donors (Lipinski definition) is 0. The number of piperidine rings is 1. The number of aryl methyl sites for hydroxylation is 1. The highest BCUT2D eigenvalue weighted by molar-refractivity contribution is 5.77. The molecule has 2 atom stereocenters. The number of ether oxygens (including phenoxy) is 1.